The number of benzene rings is 4. The summed E-state index contributed by atoms with van der Waals surface area (Å²) < 4.78 is 29.0. The van der Waals surface area contributed by atoms with E-state index < -0.39 is 34.4 Å². The van der Waals surface area contributed by atoms with Gasteiger partial charge in [-0.1, -0.05) is 88.9 Å². The predicted molar refractivity (Wildman–Crippen MR) is 177 cm³/mol. The first kappa shape index (κ1) is 33.6. The van der Waals surface area contributed by atoms with Crippen LogP contribution in [0.25, 0.3) is 0 Å². The Bertz CT molecular complexity index is 1720. The topological polar surface area (TPSA) is 86.8 Å². The molecule has 0 heterocycles. The zero-order chi connectivity index (χ0) is 31.9. The Morgan fingerprint density at radius 1 is 0.795 bits per heavy atom. The van der Waals surface area contributed by atoms with E-state index >= 15 is 0 Å². The van der Waals surface area contributed by atoms with E-state index in [9.17, 15) is 18.0 Å². The molecule has 0 aliphatic rings. The molecule has 4 aromatic rings. The fourth-order valence-corrected chi connectivity index (χ4v) is 6.76. The Morgan fingerprint density at radius 3 is 2.09 bits per heavy atom. The molecule has 44 heavy (non-hydrogen) atoms. The smallest absolute Gasteiger partial charge is 0.264 e. The molecule has 7 nitrogen and oxygen atoms in total. The Balaban J connectivity index is 1.82. The van der Waals surface area contributed by atoms with Crippen LogP contribution < -0.4 is 9.62 Å². The Morgan fingerprint density at radius 2 is 1.45 bits per heavy atom. The molecule has 2 amide bonds. The van der Waals surface area contributed by atoms with Crippen LogP contribution in [0.3, 0.4) is 0 Å². The average molecular weight is 693 g/mol. The minimum atomic E-state index is -4.29. The summed E-state index contributed by atoms with van der Waals surface area (Å²) in [5, 5.41) is 4.15. The van der Waals surface area contributed by atoms with Crippen LogP contribution in [0.2, 0.25) is 20.1 Å². The van der Waals surface area contributed by atoms with Gasteiger partial charge in [-0.05, 0) is 72.6 Å². The minimum Gasteiger partial charge on any atom is -0.355 e. The zero-order valence-electron chi connectivity index (χ0n) is 23.6. The first-order chi connectivity index (χ1) is 21.0. The van der Waals surface area contributed by atoms with Gasteiger partial charge < -0.3 is 10.2 Å². The zero-order valence-corrected chi connectivity index (χ0v) is 27.4. The Kier molecular flexibility index (Phi) is 11.6. The van der Waals surface area contributed by atoms with Crippen molar-refractivity contribution in [3.05, 3.63) is 128 Å². The third-order valence-corrected chi connectivity index (χ3v) is 9.62. The molecular weight excluding hydrogens is 664 g/mol. The summed E-state index contributed by atoms with van der Waals surface area (Å²) in [7, 11) is -4.29. The minimum absolute atomic E-state index is 0.0773. The highest BCUT2D eigenvalue weighted by Crippen LogP contribution is 2.29. The first-order valence-corrected chi connectivity index (χ1v) is 16.5. The molecule has 1 atom stereocenters. The van der Waals surface area contributed by atoms with E-state index in [1.54, 1.807) is 37.3 Å². The maximum Gasteiger partial charge on any atom is 0.264 e. The number of nitrogens with zero attached hydrogens (tertiary/aromatic N) is 2. The van der Waals surface area contributed by atoms with Crippen LogP contribution in [-0.4, -0.2) is 44.3 Å². The Hall–Kier alpha value is -3.27. The van der Waals surface area contributed by atoms with E-state index in [-0.39, 0.29) is 28.6 Å². The highest BCUT2D eigenvalue weighted by molar-refractivity contribution is 7.92. The van der Waals surface area contributed by atoms with Gasteiger partial charge in [0.25, 0.3) is 10.0 Å². The number of nitrogens with one attached hydrogen (secondary N) is 1. The van der Waals surface area contributed by atoms with E-state index in [4.69, 9.17) is 46.4 Å². The van der Waals surface area contributed by atoms with Gasteiger partial charge in [0.05, 0.1) is 10.6 Å². The van der Waals surface area contributed by atoms with Gasteiger partial charge >= 0.3 is 0 Å². The molecule has 0 saturated carbocycles. The van der Waals surface area contributed by atoms with Gasteiger partial charge in [-0.25, -0.2) is 8.42 Å². The molecule has 0 unspecified atom stereocenters. The quantitative estimate of drug-likeness (QED) is 0.169. The molecule has 12 heteroatoms. The number of hydrogen-bond acceptors (Lipinski definition) is 4. The van der Waals surface area contributed by atoms with E-state index in [1.165, 1.54) is 41.3 Å². The number of hydrogen-bond donors (Lipinski definition) is 1. The third kappa shape index (κ3) is 8.46. The normalized spacial score (nSPS) is 11.9. The van der Waals surface area contributed by atoms with Gasteiger partial charge in [0.1, 0.15) is 12.6 Å². The summed E-state index contributed by atoms with van der Waals surface area (Å²) in [6.07, 6.45) is 0.171. The van der Waals surface area contributed by atoms with E-state index in [1.807, 2.05) is 30.3 Å². The van der Waals surface area contributed by atoms with Crippen LogP contribution >= 0.6 is 46.4 Å². The van der Waals surface area contributed by atoms with E-state index in [0.29, 0.717) is 27.2 Å². The molecule has 0 fully saturated rings. The molecule has 4 rings (SSSR count). The maximum atomic E-state index is 14.4. The number of likely N-dealkylation sites (N-methyl/N-ethyl adjacent to an activating group) is 1. The molecular formula is C32H29Cl4N3O4S. The summed E-state index contributed by atoms with van der Waals surface area (Å²) in [6, 6.07) is 24.9. The second kappa shape index (κ2) is 15.1. The molecule has 0 saturated heterocycles. The van der Waals surface area contributed by atoms with Gasteiger partial charge in [0, 0.05) is 39.6 Å². The predicted octanol–water partition coefficient (Wildman–Crippen LogP) is 7.27. The van der Waals surface area contributed by atoms with Crippen LogP contribution in [0.1, 0.15) is 18.1 Å². The third-order valence-electron chi connectivity index (χ3n) is 6.75. The number of carbonyl (C=O) groups excluding carboxylic acids is 2. The molecule has 0 aliphatic heterocycles. The number of amides is 2. The van der Waals surface area contributed by atoms with Gasteiger partial charge in [-0.3, -0.25) is 13.9 Å². The van der Waals surface area contributed by atoms with Crippen molar-refractivity contribution < 1.29 is 18.0 Å². The Labute approximate surface area is 277 Å². The number of carbonyl (C=O) groups is 2. The van der Waals surface area contributed by atoms with Crippen molar-refractivity contribution in [1.29, 1.82) is 0 Å². The van der Waals surface area contributed by atoms with Crippen LogP contribution in [0.15, 0.2) is 102 Å². The molecule has 1 N–H and O–H groups in total. The van der Waals surface area contributed by atoms with Crippen LogP contribution in [-0.2, 0) is 32.6 Å². The largest absolute Gasteiger partial charge is 0.355 e. The molecule has 0 spiro atoms. The van der Waals surface area contributed by atoms with Gasteiger partial charge in [-0.15, -0.1) is 0 Å². The van der Waals surface area contributed by atoms with Crippen molar-refractivity contribution in [3.63, 3.8) is 0 Å². The molecule has 230 valence electrons. The highest BCUT2D eigenvalue weighted by atomic mass is 35.5. The van der Waals surface area contributed by atoms with E-state index in [2.05, 4.69) is 5.32 Å². The molecule has 0 bridgehead atoms. The number of anilines is 1. The van der Waals surface area contributed by atoms with Crippen LogP contribution in [0.4, 0.5) is 5.69 Å². The van der Waals surface area contributed by atoms with E-state index in [0.717, 1.165) is 9.87 Å². The maximum absolute atomic E-state index is 14.4. The van der Waals surface area contributed by atoms with Crippen LogP contribution in [0, 0.1) is 0 Å². The second-order valence-corrected chi connectivity index (χ2v) is 13.4. The molecule has 4 aromatic carbocycles. The lowest BCUT2D eigenvalue weighted by Gasteiger charge is -2.34. The monoisotopic (exact) mass is 691 g/mol. The lowest BCUT2D eigenvalue weighted by Crippen LogP contribution is -2.53. The average Bonchev–Trinajstić information content (AvgIpc) is 2.99. The number of sulfonamides is 1. The summed E-state index contributed by atoms with van der Waals surface area (Å²) in [6.45, 7) is 1.38. The summed E-state index contributed by atoms with van der Waals surface area (Å²) in [5.41, 5.74) is 1.51. The fourth-order valence-electron chi connectivity index (χ4n) is 4.57. The lowest BCUT2D eigenvalue weighted by atomic mass is 10.0. The highest BCUT2D eigenvalue weighted by Gasteiger charge is 2.35. The summed E-state index contributed by atoms with van der Waals surface area (Å²) in [5.74, 6) is -1.04. The molecule has 0 radical (unpaired) electrons. The van der Waals surface area contributed by atoms with Crippen molar-refractivity contribution in [2.24, 2.45) is 0 Å². The van der Waals surface area contributed by atoms with Crippen molar-refractivity contribution in [2.45, 2.75) is 30.8 Å². The summed E-state index contributed by atoms with van der Waals surface area (Å²) in [4.78, 5) is 29.2. The first-order valence-electron chi connectivity index (χ1n) is 13.6. The molecule has 0 aliphatic carbocycles. The van der Waals surface area contributed by atoms with Crippen molar-refractivity contribution in [3.8, 4) is 0 Å². The van der Waals surface area contributed by atoms with Crippen molar-refractivity contribution in [2.75, 3.05) is 17.4 Å². The lowest BCUT2D eigenvalue weighted by molar-refractivity contribution is -0.140. The summed E-state index contributed by atoms with van der Waals surface area (Å²) >= 11 is 24.9. The van der Waals surface area contributed by atoms with Gasteiger partial charge in [-0.2, -0.15) is 0 Å². The SMILES string of the molecule is CCNC(=O)[C@@H](Cc1ccccc1)N(Cc1ccc(Cl)cc1Cl)C(=O)CN(c1cccc(Cl)c1)S(=O)(=O)c1ccc(Cl)cc1. The molecule has 0 aromatic heterocycles. The van der Waals surface area contributed by atoms with Crippen molar-refractivity contribution >= 4 is 73.9 Å². The second-order valence-electron chi connectivity index (χ2n) is 9.80. The fraction of sp³-hybridized carbons (Fsp3) is 0.188. The standard InChI is InChI=1S/C32H29Cl4N3O4S/c1-2-37-32(41)30(17-22-7-4-3-5-8-22)38(20-23-11-12-26(35)19-29(23)36)31(40)21-39(27-10-6-9-25(34)18-27)44(42,43)28-15-13-24(33)14-16-28/h3-16,18-19,30H,2,17,20-21H2,1H3,(H,37,41)/t30-/m1/s1. The van der Waals surface area contributed by atoms with Crippen molar-refractivity contribution in [1.82, 2.24) is 10.2 Å². The van der Waals surface area contributed by atoms with Crippen LogP contribution in [0.5, 0.6) is 0 Å². The number of rotatable bonds is 12. The van der Waals surface area contributed by atoms with Gasteiger partial charge in [0.2, 0.25) is 11.8 Å². The van der Waals surface area contributed by atoms with Gasteiger partial charge in [0.15, 0.2) is 0 Å². The number of halogens is 4.